The van der Waals surface area contributed by atoms with E-state index in [0.717, 1.165) is 35.3 Å². The Balaban J connectivity index is 1.47. The fraction of sp³-hybridized carbons (Fsp3) is 0.500. The van der Waals surface area contributed by atoms with Gasteiger partial charge in [-0.15, -0.1) is 0 Å². The number of carboxylic acids is 1. The van der Waals surface area contributed by atoms with Crippen LogP contribution in [-0.4, -0.2) is 44.9 Å². The molecular weight excluding hydrogens is 306 g/mol. The number of aromatic nitrogens is 2. The topological polar surface area (TPSA) is 86.3 Å². The number of hydrogen-bond acceptors (Lipinski definition) is 3. The summed E-state index contributed by atoms with van der Waals surface area (Å²) < 4.78 is 0. The number of fused-ring (bicyclic) bond motifs is 1. The summed E-state index contributed by atoms with van der Waals surface area (Å²) in [6, 6.07) is 5.79. The largest absolute Gasteiger partial charge is 0.481 e. The minimum absolute atomic E-state index is 0.0139. The molecule has 2 atom stereocenters. The van der Waals surface area contributed by atoms with Crippen LogP contribution >= 0.6 is 0 Å². The van der Waals surface area contributed by atoms with Crippen molar-refractivity contribution in [3.63, 3.8) is 0 Å². The molecule has 6 nitrogen and oxygen atoms in total. The molecule has 1 aromatic carbocycles. The molecule has 2 unspecified atom stereocenters. The number of rotatable bonds is 4. The maximum absolute atomic E-state index is 12.6. The van der Waals surface area contributed by atoms with Gasteiger partial charge in [0.15, 0.2) is 0 Å². The van der Waals surface area contributed by atoms with Crippen molar-refractivity contribution in [3.05, 3.63) is 29.6 Å². The predicted octanol–water partition coefficient (Wildman–Crippen LogP) is 1.98. The SMILES string of the molecule is Cc1nc2ccc(CC(=O)N3CC(C(=O)O)C(C4CC4)C3)cc2[nH]1. The lowest BCUT2D eigenvalue weighted by Crippen LogP contribution is -2.31. The minimum atomic E-state index is -0.767. The van der Waals surface area contributed by atoms with Crippen LogP contribution in [0.1, 0.15) is 24.2 Å². The summed E-state index contributed by atoms with van der Waals surface area (Å²) in [6.07, 6.45) is 2.51. The van der Waals surface area contributed by atoms with Gasteiger partial charge in [-0.1, -0.05) is 6.07 Å². The number of imidazole rings is 1. The molecule has 2 N–H and O–H groups in total. The number of aromatic amines is 1. The highest BCUT2D eigenvalue weighted by Gasteiger charge is 2.46. The number of carbonyl (C=O) groups is 2. The fourth-order valence-corrected chi connectivity index (χ4v) is 3.88. The lowest BCUT2D eigenvalue weighted by Gasteiger charge is -2.16. The molecule has 1 amide bonds. The molecule has 0 bridgehead atoms. The summed E-state index contributed by atoms with van der Waals surface area (Å²) in [4.78, 5) is 33.4. The van der Waals surface area contributed by atoms with E-state index in [1.807, 2.05) is 25.1 Å². The van der Waals surface area contributed by atoms with Crippen LogP contribution < -0.4 is 0 Å². The highest BCUT2D eigenvalue weighted by atomic mass is 16.4. The van der Waals surface area contributed by atoms with Crippen LogP contribution in [0, 0.1) is 24.7 Å². The van der Waals surface area contributed by atoms with E-state index in [2.05, 4.69) is 9.97 Å². The number of nitrogens with one attached hydrogen (secondary N) is 1. The molecule has 4 rings (SSSR count). The van der Waals surface area contributed by atoms with Crippen molar-refractivity contribution >= 4 is 22.9 Å². The lowest BCUT2D eigenvalue weighted by molar-refractivity contribution is -0.142. The highest BCUT2D eigenvalue weighted by molar-refractivity contribution is 5.83. The van der Waals surface area contributed by atoms with Crippen molar-refractivity contribution in [2.45, 2.75) is 26.2 Å². The Morgan fingerprint density at radius 3 is 2.83 bits per heavy atom. The average molecular weight is 327 g/mol. The summed E-state index contributed by atoms with van der Waals surface area (Å²) in [5.74, 6) is 0.317. The van der Waals surface area contributed by atoms with Crippen LogP contribution in [0.15, 0.2) is 18.2 Å². The molecule has 1 saturated carbocycles. The molecular formula is C18H21N3O3. The summed E-state index contributed by atoms with van der Waals surface area (Å²) in [5, 5.41) is 9.42. The van der Waals surface area contributed by atoms with Gasteiger partial charge in [0.25, 0.3) is 0 Å². The summed E-state index contributed by atoms with van der Waals surface area (Å²) in [7, 11) is 0. The van der Waals surface area contributed by atoms with Gasteiger partial charge in [-0.2, -0.15) is 0 Å². The van der Waals surface area contributed by atoms with Gasteiger partial charge in [0.1, 0.15) is 5.82 Å². The molecule has 2 fully saturated rings. The Morgan fingerprint density at radius 2 is 2.12 bits per heavy atom. The number of hydrogen-bond donors (Lipinski definition) is 2. The molecule has 1 aliphatic heterocycles. The van der Waals surface area contributed by atoms with Crippen molar-refractivity contribution in [1.82, 2.24) is 14.9 Å². The quantitative estimate of drug-likeness (QED) is 0.899. The van der Waals surface area contributed by atoms with E-state index in [-0.39, 0.29) is 11.8 Å². The van der Waals surface area contributed by atoms with E-state index >= 15 is 0 Å². The van der Waals surface area contributed by atoms with Crippen molar-refractivity contribution in [1.29, 1.82) is 0 Å². The van der Waals surface area contributed by atoms with Gasteiger partial charge in [0.2, 0.25) is 5.91 Å². The third-order valence-corrected chi connectivity index (χ3v) is 5.28. The van der Waals surface area contributed by atoms with Gasteiger partial charge in [-0.25, -0.2) is 4.98 Å². The standard InChI is InChI=1S/C18H21N3O3/c1-10-19-15-5-2-11(6-16(15)20-10)7-17(22)21-8-13(12-3-4-12)14(9-21)18(23)24/h2,5-6,12-14H,3-4,7-9H2,1H3,(H,19,20)(H,23,24). The normalized spacial score (nSPS) is 23.8. The van der Waals surface area contributed by atoms with Gasteiger partial charge in [0.05, 0.1) is 23.4 Å². The average Bonchev–Trinajstić information content (AvgIpc) is 3.15. The molecule has 24 heavy (non-hydrogen) atoms. The first-order valence-corrected chi connectivity index (χ1v) is 8.47. The van der Waals surface area contributed by atoms with E-state index < -0.39 is 11.9 Å². The number of benzene rings is 1. The van der Waals surface area contributed by atoms with E-state index in [1.54, 1.807) is 4.90 Å². The second kappa shape index (κ2) is 5.61. The summed E-state index contributed by atoms with van der Waals surface area (Å²) >= 11 is 0. The fourth-order valence-electron chi connectivity index (χ4n) is 3.88. The zero-order chi connectivity index (χ0) is 16.8. The van der Waals surface area contributed by atoms with Crippen molar-refractivity contribution in [3.8, 4) is 0 Å². The molecule has 2 aliphatic rings. The molecule has 2 aromatic rings. The van der Waals surface area contributed by atoms with Gasteiger partial charge < -0.3 is 15.0 Å². The first-order chi connectivity index (χ1) is 11.5. The molecule has 0 radical (unpaired) electrons. The Labute approximate surface area is 139 Å². The zero-order valence-corrected chi connectivity index (χ0v) is 13.7. The number of carboxylic acid groups (broad SMARTS) is 1. The van der Waals surface area contributed by atoms with Crippen LogP contribution in [0.2, 0.25) is 0 Å². The third-order valence-electron chi connectivity index (χ3n) is 5.28. The van der Waals surface area contributed by atoms with E-state index in [4.69, 9.17) is 0 Å². The Bertz CT molecular complexity index is 809. The summed E-state index contributed by atoms with van der Waals surface area (Å²) in [6.45, 7) is 2.84. The van der Waals surface area contributed by atoms with Crippen molar-refractivity contribution < 1.29 is 14.7 Å². The second-order valence-corrected chi connectivity index (χ2v) is 7.10. The van der Waals surface area contributed by atoms with Gasteiger partial charge in [-0.05, 0) is 49.3 Å². The number of carbonyl (C=O) groups excluding carboxylic acids is 1. The first kappa shape index (κ1) is 15.2. The number of amides is 1. The lowest BCUT2D eigenvalue weighted by atomic mass is 9.92. The first-order valence-electron chi connectivity index (χ1n) is 8.47. The predicted molar refractivity (Wildman–Crippen MR) is 88.5 cm³/mol. The van der Waals surface area contributed by atoms with Crippen LogP contribution in [0.3, 0.4) is 0 Å². The van der Waals surface area contributed by atoms with Crippen LogP contribution in [-0.2, 0) is 16.0 Å². The monoisotopic (exact) mass is 327 g/mol. The molecule has 1 aliphatic carbocycles. The minimum Gasteiger partial charge on any atom is -0.481 e. The van der Waals surface area contributed by atoms with E-state index in [1.165, 1.54) is 0 Å². The Hall–Kier alpha value is -2.37. The van der Waals surface area contributed by atoms with Crippen LogP contribution in [0.25, 0.3) is 11.0 Å². The van der Waals surface area contributed by atoms with Gasteiger partial charge >= 0.3 is 5.97 Å². The number of H-pyrrole nitrogens is 1. The number of aliphatic carboxylic acids is 1. The van der Waals surface area contributed by atoms with Gasteiger partial charge in [0, 0.05) is 13.1 Å². The van der Waals surface area contributed by atoms with Crippen molar-refractivity contribution in [2.75, 3.05) is 13.1 Å². The molecule has 6 heteroatoms. The maximum atomic E-state index is 12.6. The smallest absolute Gasteiger partial charge is 0.308 e. The number of aryl methyl sites for hydroxylation is 1. The third kappa shape index (κ3) is 2.77. The van der Waals surface area contributed by atoms with E-state index in [9.17, 15) is 14.7 Å². The zero-order valence-electron chi connectivity index (χ0n) is 13.7. The molecule has 0 spiro atoms. The van der Waals surface area contributed by atoms with Gasteiger partial charge in [-0.3, -0.25) is 9.59 Å². The maximum Gasteiger partial charge on any atom is 0.308 e. The Morgan fingerprint density at radius 1 is 1.33 bits per heavy atom. The summed E-state index contributed by atoms with van der Waals surface area (Å²) in [5.41, 5.74) is 2.75. The molecule has 126 valence electrons. The number of nitrogens with zero attached hydrogens (tertiary/aromatic N) is 2. The Kier molecular flexibility index (Phi) is 3.55. The van der Waals surface area contributed by atoms with Crippen LogP contribution in [0.4, 0.5) is 0 Å². The highest BCUT2D eigenvalue weighted by Crippen LogP contribution is 2.44. The van der Waals surface area contributed by atoms with Crippen molar-refractivity contribution in [2.24, 2.45) is 17.8 Å². The molecule has 1 aromatic heterocycles. The van der Waals surface area contributed by atoms with Crippen LogP contribution in [0.5, 0.6) is 0 Å². The second-order valence-electron chi connectivity index (χ2n) is 7.10. The number of likely N-dealkylation sites (tertiary alicyclic amines) is 1. The molecule has 2 heterocycles. The van der Waals surface area contributed by atoms with E-state index in [0.29, 0.717) is 25.4 Å². The molecule has 1 saturated heterocycles.